The number of carbonyl (C=O) groups excluding carboxylic acids is 1. The number of carbonyl (C=O) groups is 1. The van der Waals surface area contributed by atoms with Gasteiger partial charge in [-0.1, -0.05) is 0 Å². The van der Waals surface area contributed by atoms with Gasteiger partial charge in [0.1, 0.15) is 17.5 Å². The summed E-state index contributed by atoms with van der Waals surface area (Å²) in [6, 6.07) is 5.51. The molecular weight excluding hydrogens is 381 g/mol. The lowest BCUT2D eigenvalue weighted by atomic mass is 10.1. The first-order valence-corrected chi connectivity index (χ1v) is 9.62. The summed E-state index contributed by atoms with van der Waals surface area (Å²) in [6.45, 7) is 3.25. The van der Waals surface area contributed by atoms with Crippen LogP contribution in [0.4, 0.5) is 13.2 Å². The minimum Gasteiger partial charge on any atom is -0.352 e. The second-order valence-corrected chi connectivity index (χ2v) is 7.92. The summed E-state index contributed by atoms with van der Waals surface area (Å²) in [6.07, 6.45) is 0.120. The molecule has 2 aromatic carbocycles. The van der Waals surface area contributed by atoms with Gasteiger partial charge in [-0.25, -0.2) is 26.3 Å². The van der Waals surface area contributed by atoms with Gasteiger partial charge in [0.25, 0.3) is 5.91 Å². The topological polar surface area (TPSA) is 75.3 Å². The van der Waals surface area contributed by atoms with E-state index in [0.717, 1.165) is 36.4 Å². The van der Waals surface area contributed by atoms with Crippen molar-refractivity contribution in [2.45, 2.75) is 31.2 Å². The Hall–Kier alpha value is -2.39. The molecule has 2 aromatic rings. The van der Waals surface area contributed by atoms with Crippen LogP contribution in [-0.4, -0.2) is 26.9 Å². The summed E-state index contributed by atoms with van der Waals surface area (Å²) in [5.74, 6) is -3.19. The maximum atomic E-state index is 14.0. The van der Waals surface area contributed by atoms with Crippen LogP contribution in [0.15, 0.2) is 41.3 Å². The van der Waals surface area contributed by atoms with Gasteiger partial charge in [-0.3, -0.25) is 4.79 Å². The van der Waals surface area contributed by atoms with E-state index in [9.17, 15) is 26.4 Å². The molecule has 146 valence electrons. The van der Waals surface area contributed by atoms with Crippen LogP contribution in [0.2, 0.25) is 0 Å². The molecule has 2 rings (SSSR count). The van der Waals surface area contributed by atoms with Gasteiger partial charge in [0.2, 0.25) is 10.0 Å². The molecule has 0 fully saturated rings. The predicted molar refractivity (Wildman–Crippen MR) is 94.3 cm³/mol. The molecule has 0 bridgehead atoms. The van der Waals surface area contributed by atoms with Gasteiger partial charge in [-0.05, 0) is 56.2 Å². The minimum atomic E-state index is -3.89. The lowest BCUT2D eigenvalue weighted by Gasteiger charge is -2.11. The standard InChI is InChI=1S/C18H19F3N2O3S/c1-11(2)23-27(25,26)15-3-4-17(21)16(10-15)18(24)22-6-5-12-7-13(19)9-14(20)8-12/h3-4,7-11,23H,5-6H2,1-2H3,(H,22,24). The molecule has 5 nitrogen and oxygen atoms in total. The first kappa shape index (κ1) is 20.9. The summed E-state index contributed by atoms with van der Waals surface area (Å²) < 4.78 is 66.9. The Morgan fingerprint density at radius 1 is 1.04 bits per heavy atom. The van der Waals surface area contributed by atoms with Crippen molar-refractivity contribution < 1.29 is 26.4 Å². The van der Waals surface area contributed by atoms with Crippen molar-refractivity contribution in [2.24, 2.45) is 0 Å². The number of benzene rings is 2. The maximum Gasteiger partial charge on any atom is 0.254 e. The zero-order chi connectivity index (χ0) is 20.2. The Morgan fingerprint density at radius 2 is 1.67 bits per heavy atom. The summed E-state index contributed by atoms with van der Waals surface area (Å²) in [7, 11) is -3.89. The number of hydrogen-bond acceptors (Lipinski definition) is 3. The molecule has 27 heavy (non-hydrogen) atoms. The van der Waals surface area contributed by atoms with Crippen molar-refractivity contribution in [1.29, 1.82) is 0 Å². The van der Waals surface area contributed by atoms with E-state index in [0.29, 0.717) is 5.56 Å². The van der Waals surface area contributed by atoms with Crippen LogP contribution in [-0.2, 0) is 16.4 Å². The highest BCUT2D eigenvalue weighted by Gasteiger charge is 2.20. The molecule has 9 heteroatoms. The van der Waals surface area contributed by atoms with Gasteiger partial charge in [0.15, 0.2) is 0 Å². The van der Waals surface area contributed by atoms with E-state index in [2.05, 4.69) is 10.0 Å². The van der Waals surface area contributed by atoms with Gasteiger partial charge in [0, 0.05) is 18.7 Å². The van der Waals surface area contributed by atoms with Crippen LogP contribution in [0.5, 0.6) is 0 Å². The second kappa shape index (κ2) is 8.53. The van der Waals surface area contributed by atoms with Crippen LogP contribution in [0.25, 0.3) is 0 Å². The van der Waals surface area contributed by atoms with Gasteiger partial charge in [-0.15, -0.1) is 0 Å². The molecular formula is C18H19F3N2O3S. The lowest BCUT2D eigenvalue weighted by molar-refractivity contribution is 0.0950. The fourth-order valence-corrected chi connectivity index (χ4v) is 3.67. The molecule has 0 radical (unpaired) electrons. The predicted octanol–water partition coefficient (Wildman–Crippen LogP) is 2.76. The average molecular weight is 400 g/mol. The quantitative estimate of drug-likeness (QED) is 0.751. The molecule has 0 atom stereocenters. The molecule has 2 N–H and O–H groups in total. The number of rotatable bonds is 7. The van der Waals surface area contributed by atoms with Crippen molar-refractivity contribution in [3.63, 3.8) is 0 Å². The molecule has 0 spiro atoms. The van der Waals surface area contributed by atoms with Crippen LogP contribution in [0.1, 0.15) is 29.8 Å². The van der Waals surface area contributed by atoms with E-state index in [4.69, 9.17) is 0 Å². The van der Waals surface area contributed by atoms with Crippen molar-refractivity contribution in [1.82, 2.24) is 10.0 Å². The molecule has 0 saturated carbocycles. The van der Waals surface area contributed by atoms with Crippen molar-refractivity contribution >= 4 is 15.9 Å². The molecule has 0 unspecified atom stereocenters. The lowest BCUT2D eigenvalue weighted by Crippen LogP contribution is -2.31. The molecule has 0 aliphatic heterocycles. The van der Waals surface area contributed by atoms with Crippen LogP contribution in [0.3, 0.4) is 0 Å². The third-order valence-electron chi connectivity index (χ3n) is 3.51. The monoisotopic (exact) mass is 400 g/mol. The summed E-state index contributed by atoms with van der Waals surface area (Å²) in [4.78, 5) is 11.9. The summed E-state index contributed by atoms with van der Waals surface area (Å²) in [5, 5.41) is 2.41. The third kappa shape index (κ3) is 5.80. The van der Waals surface area contributed by atoms with E-state index >= 15 is 0 Å². The van der Waals surface area contributed by atoms with Gasteiger partial charge in [0.05, 0.1) is 10.5 Å². The van der Waals surface area contributed by atoms with Gasteiger partial charge in [-0.2, -0.15) is 0 Å². The fraction of sp³-hybridized carbons (Fsp3) is 0.278. The smallest absolute Gasteiger partial charge is 0.254 e. The average Bonchev–Trinajstić information content (AvgIpc) is 2.52. The largest absolute Gasteiger partial charge is 0.352 e. The number of sulfonamides is 1. The van der Waals surface area contributed by atoms with E-state index in [1.807, 2.05) is 0 Å². The third-order valence-corrected chi connectivity index (χ3v) is 5.16. The SMILES string of the molecule is CC(C)NS(=O)(=O)c1ccc(F)c(C(=O)NCCc2cc(F)cc(F)c2)c1. The fourth-order valence-electron chi connectivity index (χ4n) is 2.39. The Bertz CT molecular complexity index is 927. The van der Waals surface area contributed by atoms with Crippen molar-refractivity contribution in [3.8, 4) is 0 Å². The highest BCUT2D eigenvalue weighted by atomic mass is 32.2. The maximum absolute atomic E-state index is 14.0. The van der Waals surface area contributed by atoms with Crippen molar-refractivity contribution in [2.75, 3.05) is 6.54 Å². The zero-order valence-electron chi connectivity index (χ0n) is 14.7. The normalized spacial score (nSPS) is 11.6. The Labute approximate surface area is 155 Å². The molecule has 0 heterocycles. The Morgan fingerprint density at radius 3 is 2.26 bits per heavy atom. The molecule has 0 aliphatic rings. The van der Waals surface area contributed by atoms with Crippen LogP contribution >= 0.6 is 0 Å². The summed E-state index contributed by atoms with van der Waals surface area (Å²) >= 11 is 0. The van der Waals surface area contributed by atoms with E-state index in [1.165, 1.54) is 0 Å². The minimum absolute atomic E-state index is 0.0115. The molecule has 0 aromatic heterocycles. The molecule has 0 aliphatic carbocycles. The molecule has 1 amide bonds. The van der Waals surface area contributed by atoms with Gasteiger partial charge >= 0.3 is 0 Å². The number of nitrogens with one attached hydrogen (secondary N) is 2. The van der Waals surface area contributed by atoms with Crippen molar-refractivity contribution in [3.05, 3.63) is 65.0 Å². The Kier molecular flexibility index (Phi) is 6.61. The number of halogens is 3. The highest BCUT2D eigenvalue weighted by Crippen LogP contribution is 2.16. The zero-order valence-corrected chi connectivity index (χ0v) is 15.5. The molecule has 0 saturated heterocycles. The van der Waals surface area contributed by atoms with E-state index < -0.39 is 38.9 Å². The van der Waals surface area contributed by atoms with E-state index in [1.54, 1.807) is 13.8 Å². The van der Waals surface area contributed by atoms with E-state index in [-0.39, 0.29) is 23.9 Å². The van der Waals surface area contributed by atoms with Gasteiger partial charge < -0.3 is 5.32 Å². The summed E-state index contributed by atoms with van der Waals surface area (Å²) in [5.41, 5.74) is -0.113. The van der Waals surface area contributed by atoms with Crippen LogP contribution in [0, 0.1) is 17.5 Å². The van der Waals surface area contributed by atoms with Crippen LogP contribution < -0.4 is 10.0 Å². The Balaban J connectivity index is 2.10. The number of amides is 1. The second-order valence-electron chi connectivity index (χ2n) is 6.20. The highest BCUT2D eigenvalue weighted by molar-refractivity contribution is 7.89. The first-order valence-electron chi connectivity index (χ1n) is 8.13. The first-order chi connectivity index (χ1) is 12.6. The number of hydrogen-bond donors (Lipinski definition) is 2.